The lowest BCUT2D eigenvalue weighted by atomic mass is 9.87. The van der Waals surface area contributed by atoms with Crippen molar-refractivity contribution in [1.82, 2.24) is 4.90 Å². The van der Waals surface area contributed by atoms with Crippen LogP contribution in [0.2, 0.25) is 0 Å². The summed E-state index contributed by atoms with van der Waals surface area (Å²) in [5.41, 5.74) is 12.8. The first-order valence-corrected chi connectivity index (χ1v) is 7.00. The minimum atomic E-state index is -0.614. The molecule has 3 rings (SSSR count). The van der Waals surface area contributed by atoms with Gasteiger partial charge >= 0.3 is 0 Å². The van der Waals surface area contributed by atoms with Gasteiger partial charge in [-0.05, 0) is 43.4 Å². The van der Waals surface area contributed by atoms with Gasteiger partial charge in [-0.2, -0.15) is 0 Å². The maximum Gasteiger partial charge on any atom is 0.232 e. The van der Waals surface area contributed by atoms with Gasteiger partial charge in [0, 0.05) is 12.2 Å². The van der Waals surface area contributed by atoms with E-state index in [1.54, 1.807) is 4.90 Å². The number of guanidine groups is 1. The van der Waals surface area contributed by atoms with Crippen molar-refractivity contribution in [2.24, 2.45) is 16.6 Å². The number of hydrogen-bond acceptors (Lipinski definition) is 4. The molecule has 106 valence electrons. The van der Waals surface area contributed by atoms with Gasteiger partial charge in [0.05, 0.1) is 12.0 Å². The number of aliphatic imine (C=N–C) groups is 1. The summed E-state index contributed by atoms with van der Waals surface area (Å²) in [4.78, 5) is 18.6. The zero-order chi connectivity index (χ0) is 14.3. The number of nitrogens with two attached hydrogens (primary N) is 2. The third-order valence-corrected chi connectivity index (χ3v) is 4.08. The highest BCUT2D eigenvalue weighted by atomic mass is 16.2. The second-order valence-corrected chi connectivity index (χ2v) is 5.99. The lowest BCUT2D eigenvalue weighted by molar-refractivity contribution is -0.129. The summed E-state index contributed by atoms with van der Waals surface area (Å²) in [6, 6.07) is 7.50. The molecule has 2 aliphatic rings. The Kier molecular flexibility index (Phi) is 2.92. The van der Waals surface area contributed by atoms with Gasteiger partial charge in [0.1, 0.15) is 0 Å². The summed E-state index contributed by atoms with van der Waals surface area (Å²) in [6.45, 7) is 2.64. The first-order chi connectivity index (χ1) is 9.48. The summed E-state index contributed by atoms with van der Waals surface area (Å²) >= 11 is 0. The van der Waals surface area contributed by atoms with Crippen molar-refractivity contribution < 1.29 is 4.79 Å². The average molecular weight is 272 g/mol. The Morgan fingerprint density at radius 2 is 2.15 bits per heavy atom. The molecule has 0 spiro atoms. The van der Waals surface area contributed by atoms with Crippen LogP contribution in [0.4, 0.5) is 5.69 Å². The molecule has 0 bridgehead atoms. The fraction of sp³-hybridized carbons (Fsp3) is 0.467. The molecule has 0 aromatic heterocycles. The summed E-state index contributed by atoms with van der Waals surface area (Å²) < 4.78 is 0. The topological polar surface area (TPSA) is 84.7 Å². The van der Waals surface area contributed by atoms with E-state index < -0.39 is 5.54 Å². The van der Waals surface area contributed by atoms with Crippen molar-refractivity contribution in [2.45, 2.75) is 31.7 Å². The van der Waals surface area contributed by atoms with E-state index in [9.17, 15) is 4.79 Å². The molecule has 1 aromatic carbocycles. The van der Waals surface area contributed by atoms with Crippen LogP contribution < -0.4 is 11.5 Å². The third kappa shape index (κ3) is 2.35. The summed E-state index contributed by atoms with van der Waals surface area (Å²) in [5, 5.41) is 0. The predicted molar refractivity (Wildman–Crippen MR) is 78.9 cm³/mol. The van der Waals surface area contributed by atoms with Gasteiger partial charge in [-0.25, -0.2) is 4.99 Å². The number of amides is 1. The van der Waals surface area contributed by atoms with Crippen LogP contribution in [0.25, 0.3) is 0 Å². The standard InChI is InChI=1S/C15H20N4O/c1-15(11-3-2-4-12(16)7-11)8-13(20)19(14(17)18-15)9-10-5-6-10/h2-4,7,10H,5-6,8-9,16H2,1H3,(H2,17,18). The van der Waals surface area contributed by atoms with Gasteiger partial charge in [0.2, 0.25) is 5.91 Å². The molecule has 4 N–H and O–H groups in total. The fourth-order valence-electron chi connectivity index (χ4n) is 2.66. The maximum atomic E-state index is 12.4. The zero-order valence-corrected chi connectivity index (χ0v) is 11.7. The Labute approximate surface area is 118 Å². The van der Waals surface area contributed by atoms with Gasteiger partial charge in [-0.3, -0.25) is 9.69 Å². The SMILES string of the molecule is CC1(c2cccc(N)c2)CC(=O)N(CC2CC2)C(N)=N1. The van der Waals surface area contributed by atoms with Gasteiger partial charge in [0.15, 0.2) is 5.96 Å². The van der Waals surface area contributed by atoms with Gasteiger partial charge < -0.3 is 11.5 Å². The van der Waals surface area contributed by atoms with E-state index in [1.165, 1.54) is 12.8 Å². The van der Waals surface area contributed by atoms with Gasteiger partial charge in [-0.15, -0.1) is 0 Å². The van der Waals surface area contributed by atoms with Crippen LogP contribution in [0.1, 0.15) is 31.7 Å². The Morgan fingerprint density at radius 1 is 1.40 bits per heavy atom. The van der Waals surface area contributed by atoms with Crippen LogP contribution in [0.15, 0.2) is 29.3 Å². The van der Waals surface area contributed by atoms with Crippen molar-refractivity contribution in [2.75, 3.05) is 12.3 Å². The second-order valence-electron chi connectivity index (χ2n) is 5.99. The molecular formula is C15H20N4O. The van der Waals surface area contributed by atoms with Crippen molar-refractivity contribution in [3.63, 3.8) is 0 Å². The van der Waals surface area contributed by atoms with E-state index >= 15 is 0 Å². The molecule has 20 heavy (non-hydrogen) atoms. The summed E-state index contributed by atoms with van der Waals surface area (Å²) in [5.74, 6) is 0.983. The largest absolute Gasteiger partial charge is 0.399 e. The number of carbonyl (C=O) groups excluding carboxylic acids is 1. The number of nitrogen functional groups attached to an aromatic ring is 1. The highest BCUT2D eigenvalue weighted by Gasteiger charge is 2.39. The van der Waals surface area contributed by atoms with E-state index in [4.69, 9.17) is 11.5 Å². The number of benzene rings is 1. The van der Waals surface area contributed by atoms with E-state index in [0.717, 1.165) is 5.56 Å². The summed E-state index contributed by atoms with van der Waals surface area (Å²) in [6.07, 6.45) is 2.71. The third-order valence-electron chi connectivity index (χ3n) is 4.08. The van der Waals surface area contributed by atoms with E-state index in [2.05, 4.69) is 4.99 Å². The molecule has 5 heteroatoms. The first kappa shape index (κ1) is 13.0. The highest BCUT2D eigenvalue weighted by Crippen LogP contribution is 2.36. The lowest BCUT2D eigenvalue weighted by Crippen LogP contribution is -2.50. The Bertz CT molecular complexity index is 579. The van der Waals surface area contributed by atoms with Crippen LogP contribution in [-0.2, 0) is 10.3 Å². The first-order valence-electron chi connectivity index (χ1n) is 7.00. The number of rotatable bonds is 3. The predicted octanol–water partition coefficient (Wildman–Crippen LogP) is 1.44. The molecule has 1 aromatic rings. The maximum absolute atomic E-state index is 12.4. The molecule has 1 unspecified atom stereocenters. The molecule has 0 radical (unpaired) electrons. The van der Waals surface area contributed by atoms with Crippen LogP contribution >= 0.6 is 0 Å². The minimum absolute atomic E-state index is 0.0503. The molecule has 5 nitrogen and oxygen atoms in total. The van der Waals surface area contributed by atoms with Crippen molar-refractivity contribution in [3.05, 3.63) is 29.8 Å². The monoisotopic (exact) mass is 272 g/mol. The van der Waals surface area contributed by atoms with Crippen LogP contribution in [-0.4, -0.2) is 23.3 Å². The van der Waals surface area contributed by atoms with Gasteiger partial charge in [-0.1, -0.05) is 12.1 Å². The van der Waals surface area contributed by atoms with Crippen LogP contribution in [0.3, 0.4) is 0 Å². The molecule has 1 aliphatic carbocycles. The molecule has 1 heterocycles. The van der Waals surface area contributed by atoms with E-state index in [0.29, 0.717) is 30.5 Å². The summed E-state index contributed by atoms with van der Waals surface area (Å²) in [7, 11) is 0. The van der Waals surface area contributed by atoms with Crippen LogP contribution in [0, 0.1) is 5.92 Å². The Hall–Kier alpha value is -2.04. The highest BCUT2D eigenvalue weighted by molar-refractivity contribution is 5.99. The smallest absolute Gasteiger partial charge is 0.232 e. The number of anilines is 1. The van der Waals surface area contributed by atoms with Crippen molar-refractivity contribution in [1.29, 1.82) is 0 Å². The number of nitrogens with zero attached hydrogens (tertiary/aromatic N) is 2. The normalized spacial score (nSPS) is 26.6. The molecule has 1 saturated carbocycles. The number of hydrogen-bond donors (Lipinski definition) is 2. The molecule has 1 aliphatic heterocycles. The molecule has 1 atom stereocenters. The molecule has 0 saturated heterocycles. The van der Waals surface area contributed by atoms with Gasteiger partial charge in [0.25, 0.3) is 0 Å². The fourth-order valence-corrected chi connectivity index (χ4v) is 2.66. The van der Waals surface area contributed by atoms with Crippen molar-refractivity contribution in [3.8, 4) is 0 Å². The molecule has 1 fully saturated rings. The molecular weight excluding hydrogens is 252 g/mol. The Morgan fingerprint density at radius 3 is 2.75 bits per heavy atom. The Balaban J connectivity index is 1.91. The minimum Gasteiger partial charge on any atom is -0.399 e. The van der Waals surface area contributed by atoms with E-state index in [1.807, 2.05) is 31.2 Å². The van der Waals surface area contributed by atoms with Crippen molar-refractivity contribution >= 4 is 17.6 Å². The lowest BCUT2D eigenvalue weighted by Gasteiger charge is -2.35. The van der Waals surface area contributed by atoms with Crippen LogP contribution in [0.5, 0.6) is 0 Å². The van der Waals surface area contributed by atoms with E-state index in [-0.39, 0.29) is 5.91 Å². The average Bonchev–Trinajstić information content (AvgIpc) is 3.18. The quantitative estimate of drug-likeness (QED) is 0.816. The zero-order valence-electron chi connectivity index (χ0n) is 11.7. The number of carbonyl (C=O) groups is 1. The second kappa shape index (κ2) is 4.51. The molecule has 1 amide bonds.